The van der Waals surface area contributed by atoms with E-state index >= 15 is 0 Å². The standard InChI is InChI=1S/C12H21N3O2S/c1-9(6-7-18-5)13(2)10-8-11(16)15(4)12(17)14(10)3/h8-9H,6-7H2,1-5H3. The highest BCUT2D eigenvalue weighted by Crippen LogP contribution is 2.13. The summed E-state index contributed by atoms with van der Waals surface area (Å²) in [6.45, 7) is 2.10. The summed E-state index contributed by atoms with van der Waals surface area (Å²) in [6, 6.07) is 1.80. The lowest BCUT2D eigenvalue weighted by atomic mass is 10.2. The second-order valence-electron chi connectivity index (χ2n) is 4.48. The van der Waals surface area contributed by atoms with Crippen LogP contribution >= 0.6 is 11.8 Å². The van der Waals surface area contributed by atoms with Crippen molar-refractivity contribution in [3.63, 3.8) is 0 Å². The third-order valence-corrected chi connectivity index (χ3v) is 3.91. The molecule has 0 spiro atoms. The number of rotatable bonds is 5. The van der Waals surface area contributed by atoms with E-state index in [1.54, 1.807) is 18.8 Å². The Kier molecular flexibility index (Phi) is 5.07. The van der Waals surface area contributed by atoms with Crippen LogP contribution in [0.25, 0.3) is 0 Å². The van der Waals surface area contributed by atoms with Gasteiger partial charge in [-0.3, -0.25) is 13.9 Å². The van der Waals surface area contributed by atoms with Crippen molar-refractivity contribution in [1.29, 1.82) is 0 Å². The van der Waals surface area contributed by atoms with Gasteiger partial charge >= 0.3 is 5.69 Å². The second-order valence-corrected chi connectivity index (χ2v) is 5.47. The van der Waals surface area contributed by atoms with Crippen molar-refractivity contribution in [2.45, 2.75) is 19.4 Å². The first-order valence-electron chi connectivity index (χ1n) is 5.89. The largest absolute Gasteiger partial charge is 0.358 e. The summed E-state index contributed by atoms with van der Waals surface area (Å²) in [5, 5.41) is 0. The molecule has 0 bridgehead atoms. The minimum atomic E-state index is -0.290. The molecule has 0 aliphatic heterocycles. The van der Waals surface area contributed by atoms with Crippen LogP contribution in [0.3, 0.4) is 0 Å². The fourth-order valence-electron chi connectivity index (χ4n) is 1.77. The average Bonchev–Trinajstić information content (AvgIpc) is 2.36. The van der Waals surface area contributed by atoms with Gasteiger partial charge in [-0.1, -0.05) is 0 Å². The van der Waals surface area contributed by atoms with E-state index < -0.39 is 0 Å². The SMILES string of the molecule is CSCCC(C)N(C)c1cc(=O)n(C)c(=O)n1C. The van der Waals surface area contributed by atoms with Gasteiger partial charge in [-0.2, -0.15) is 11.8 Å². The van der Waals surface area contributed by atoms with Crippen molar-refractivity contribution in [2.75, 3.05) is 24.0 Å². The van der Waals surface area contributed by atoms with Crippen LogP contribution in [0.5, 0.6) is 0 Å². The van der Waals surface area contributed by atoms with E-state index in [0.717, 1.165) is 16.7 Å². The van der Waals surface area contributed by atoms with Crippen molar-refractivity contribution in [3.8, 4) is 0 Å². The van der Waals surface area contributed by atoms with Crippen LogP contribution in [0.1, 0.15) is 13.3 Å². The summed E-state index contributed by atoms with van der Waals surface area (Å²) in [6.07, 6.45) is 3.09. The van der Waals surface area contributed by atoms with E-state index in [1.165, 1.54) is 17.7 Å². The average molecular weight is 271 g/mol. The van der Waals surface area contributed by atoms with Crippen LogP contribution in [0.2, 0.25) is 0 Å². The monoisotopic (exact) mass is 271 g/mol. The quantitative estimate of drug-likeness (QED) is 0.789. The van der Waals surface area contributed by atoms with Gasteiger partial charge in [-0.05, 0) is 25.4 Å². The predicted octanol–water partition coefficient (Wildman–Crippen LogP) is 0.662. The molecule has 1 aromatic heterocycles. The Bertz CT molecular complexity index is 521. The molecule has 0 aliphatic carbocycles. The maximum atomic E-state index is 11.8. The van der Waals surface area contributed by atoms with Crippen LogP contribution < -0.4 is 16.1 Å². The van der Waals surface area contributed by atoms with E-state index in [-0.39, 0.29) is 17.3 Å². The molecule has 1 rings (SSSR count). The molecule has 1 atom stereocenters. The molecule has 0 radical (unpaired) electrons. The summed E-state index contributed by atoms with van der Waals surface area (Å²) < 4.78 is 2.63. The maximum absolute atomic E-state index is 11.8. The predicted molar refractivity (Wildman–Crippen MR) is 77.8 cm³/mol. The molecule has 0 saturated carbocycles. The minimum Gasteiger partial charge on any atom is -0.358 e. The number of anilines is 1. The lowest BCUT2D eigenvalue weighted by molar-refractivity contribution is 0.617. The van der Waals surface area contributed by atoms with E-state index in [4.69, 9.17) is 0 Å². The molecule has 102 valence electrons. The molecule has 0 saturated heterocycles. The fourth-order valence-corrected chi connectivity index (χ4v) is 2.34. The van der Waals surface area contributed by atoms with Gasteiger partial charge in [0.15, 0.2) is 0 Å². The zero-order valence-electron chi connectivity index (χ0n) is 11.6. The van der Waals surface area contributed by atoms with Crippen LogP contribution in [0, 0.1) is 0 Å². The van der Waals surface area contributed by atoms with E-state index in [9.17, 15) is 9.59 Å². The molecule has 1 heterocycles. The van der Waals surface area contributed by atoms with Gasteiger partial charge in [0.2, 0.25) is 0 Å². The van der Waals surface area contributed by atoms with Crippen LogP contribution in [0.4, 0.5) is 5.82 Å². The normalized spacial score (nSPS) is 12.5. The lowest BCUT2D eigenvalue weighted by Gasteiger charge is -2.28. The zero-order chi connectivity index (χ0) is 13.9. The van der Waals surface area contributed by atoms with Gasteiger partial charge in [0, 0.05) is 33.3 Å². The van der Waals surface area contributed by atoms with Gasteiger partial charge in [-0.25, -0.2) is 4.79 Å². The first-order valence-corrected chi connectivity index (χ1v) is 7.28. The summed E-state index contributed by atoms with van der Waals surface area (Å²) >= 11 is 1.79. The fraction of sp³-hybridized carbons (Fsp3) is 0.667. The molecule has 0 N–H and O–H groups in total. The Hall–Kier alpha value is -1.17. The maximum Gasteiger partial charge on any atom is 0.332 e. The highest BCUT2D eigenvalue weighted by atomic mass is 32.2. The van der Waals surface area contributed by atoms with Crippen molar-refractivity contribution in [2.24, 2.45) is 14.1 Å². The summed E-state index contributed by atoms with van der Waals surface area (Å²) in [7, 11) is 5.10. The van der Waals surface area contributed by atoms with Gasteiger partial charge in [-0.15, -0.1) is 0 Å². The van der Waals surface area contributed by atoms with Crippen LogP contribution in [0.15, 0.2) is 15.7 Å². The Morgan fingerprint density at radius 1 is 1.33 bits per heavy atom. The summed E-state index contributed by atoms with van der Waals surface area (Å²) in [5.74, 6) is 1.72. The van der Waals surface area contributed by atoms with Crippen molar-refractivity contribution in [3.05, 3.63) is 26.9 Å². The summed E-state index contributed by atoms with van der Waals surface area (Å²) in [4.78, 5) is 25.5. The van der Waals surface area contributed by atoms with Gasteiger partial charge in [0.25, 0.3) is 5.56 Å². The number of hydrogen-bond acceptors (Lipinski definition) is 4. The van der Waals surface area contributed by atoms with E-state index in [1.807, 2.05) is 11.9 Å². The van der Waals surface area contributed by atoms with Crippen LogP contribution in [-0.4, -0.2) is 34.2 Å². The highest BCUT2D eigenvalue weighted by molar-refractivity contribution is 7.98. The second kappa shape index (κ2) is 6.13. The minimum absolute atomic E-state index is 0.267. The van der Waals surface area contributed by atoms with Gasteiger partial charge in [0.1, 0.15) is 5.82 Å². The summed E-state index contributed by atoms with van der Waals surface area (Å²) in [5.41, 5.74) is -0.557. The molecule has 6 heteroatoms. The number of nitrogens with zero attached hydrogens (tertiary/aromatic N) is 3. The Labute approximate surface area is 111 Å². The van der Waals surface area contributed by atoms with Crippen molar-refractivity contribution < 1.29 is 0 Å². The Morgan fingerprint density at radius 2 is 1.94 bits per heavy atom. The van der Waals surface area contributed by atoms with Crippen molar-refractivity contribution >= 4 is 17.6 Å². The Balaban J connectivity index is 3.10. The zero-order valence-corrected chi connectivity index (χ0v) is 12.5. The van der Waals surface area contributed by atoms with E-state index in [0.29, 0.717) is 5.82 Å². The smallest absolute Gasteiger partial charge is 0.332 e. The highest BCUT2D eigenvalue weighted by Gasteiger charge is 2.14. The van der Waals surface area contributed by atoms with Crippen molar-refractivity contribution in [1.82, 2.24) is 9.13 Å². The lowest BCUT2D eigenvalue weighted by Crippen LogP contribution is -2.41. The third kappa shape index (κ3) is 2.98. The molecule has 1 aromatic rings. The molecule has 1 unspecified atom stereocenters. The van der Waals surface area contributed by atoms with Crippen LogP contribution in [-0.2, 0) is 14.1 Å². The molecule has 0 amide bonds. The molecular formula is C12H21N3O2S. The molecular weight excluding hydrogens is 250 g/mol. The third-order valence-electron chi connectivity index (χ3n) is 3.26. The first-order chi connectivity index (χ1) is 8.40. The molecule has 0 aliphatic rings. The first kappa shape index (κ1) is 14.9. The number of aromatic nitrogens is 2. The molecule has 0 aromatic carbocycles. The topological polar surface area (TPSA) is 47.2 Å². The van der Waals surface area contributed by atoms with Gasteiger partial charge < -0.3 is 4.90 Å². The number of thioether (sulfide) groups is 1. The Morgan fingerprint density at radius 3 is 2.50 bits per heavy atom. The van der Waals surface area contributed by atoms with E-state index in [2.05, 4.69) is 13.2 Å². The number of hydrogen-bond donors (Lipinski definition) is 0. The molecule has 0 fully saturated rings. The van der Waals surface area contributed by atoms with Gasteiger partial charge in [0.05, 0.1) is 0 Å². The molecule has 18 heavy (non-hydrogen) atoms. The molecule has 5 nitrogen and oxygen atoms in total.